The van der Waals surface area contributed by atoms with Gasteiger partial charge >= 0.3 is 0 Å². The molecule has 0 fully saturated rings. The van der Waals surface area contributed by atoms with Crippen LogP contribution in [0, 0.1) is 0 Å². The van der Waals surface area contributed by atoms with Gasteiger partial charge in [0.1, 0.15) is 5.60 Å². The lowest BCUT2D eigenvalue weighted by atomic mass is 9.99. The van der Waals surface area contributed by atoms with Crippen LogP contribution in [0.5, 0.6) is 0 Å². The van der Waals surface area contributed by atoms with Gasteiger partial charge in [0, 0.05) is 20.2 Å². The SMILES string of the molecule is CC1=CC(C)(/C=C/C(=O)N(C)C)OC1(C)C. The number of nitrogens with zero attached hydrogens (tertiary/aromatic N) is 1. The molecule has 1 aliphatic rings. The molecular formula is C13H21NO2. The highest BCUT2D eigenvalue weighted by Crippen LogP contribution is 2.37. The number of ether oxygens (including phenoxy) is 1. The summed E-state index contributed by atoms with van der Waals surface area (Å²) in [6.07, 6.45) is 5.44. The standard InChI is InChI=1S/C13H21NO2/c1-10-9-13(4,16-12(10,2)3)8-7-11(15)14(5)6/h7-9H,1-6H3/b8-7+. The molecule has 3 nitrogen and oxygen atoms in total. The fraction of sp³-hybridized carbons (Fsp3) is 0.615. The lowest BCUT2D eigenvalue weighted by Gasteiger charge is -2.26. The van der Waals surface area contributed by atoms with Gasteiger partial charge in [0.05, 0.1) is 5.60 Å². The first-order chi connectivity index (χ1) is 7.16. The monoisotopic (exact) mass is 223 g/mol. The molecule has 1 heterocycles. The summed E-state index contributed by atoms with van der Waals surface area (Å²) in [6.45, 7) is 8.08. The summed E-state index contributed by atoms with van der Waals surface area (Å²) in [4.78, 5) is 13.0. The fourth-order valence-corrected chi connectivity index (χ4v) is 1.73. The van der Waals surface area contributed by atoms with E-state index in [-0.39, 0.29) is 11.5 Å². The first kappa shape index (κ1) is 13.0. The van der Waals surface area contributed by atoms with Crippen molar-refractivity contribution in [2.75, 3.05) is 14.1 Å². The van der Waals surface area contributed by atoms with E-state index in [1.54, 1.807) is 20.2 Å². The molecule has 0 aromatic heterocycles. The highest BCUT2D eigenvalue weighted by atomic mass is 16.5. The van der Waals surface area contributed by atoms with Gasteiger partial charge in [0.25, 0.3) is 0 Å². The number of carbonyl (C=O) groups is 1. The number of rotatable bonds is 2. The minimum atomic E-state index is -0.473. The Balaban J connectivity index is 2.81. The molecule has 0 saturated carbocycles. The minimum absolute atomic E-state index is 0.0272. The van der Waals surface area contributed by atoms with Gasteiger partial charge in [-0.2, -0.15) is 0 Å². The zero-order chi connectivity index (χ0) is 12.6. The lowest BCUT2D eigenvalue weighted by Crippen LogP contribution is -2.30. The molecule has 1 amide bonds. The van der Waals surface area contributed by atoms with Crippen LogP contribution >= 0.6 is 0 Å². The summed E-state index contributed by atoms with van der Waals surface area (Å²) >= 11 is 0. The topological polar surface area (TPSA) is 29.5 Å². The molecule has 0 N–H and O–H groups in total. The van der Waals surface area contributed by atoms with Crippen molar-refractivity contribution < 1.29 is 9.53 Å². The third-order valence-corrected chi connectivity index (χ3v) is 2.93. The minimum Gasteiger partial charge on any atom is -0.357 e. The van der Waals surface area contributed by atoms with E-state index in [4.69, 9.17) is 4.74 Å². The summed E-state index contributed by atoms with van der Waals surface area (Å²) in [5, 5.41) is 0. The van der Waals surface area contributed by atoms with Crippen molar-refractivity contribution >= 4 is 5.91 Å². The van der Waals surface area contributed by atoms with Gasteiger partial charge in [-0.05, 0) is 45.4 Å². The molecular weight excluding hydrogens is 202 g/mol. The second-order valence-corrected chi connectivity index (χ2v) is 5.19. The molecule has 1 atom stereocenters. The van der Waals surface area contributed by atoms with Crippen LogP contribution in [0.15, 0.2) is 23.8 Å². The average molecular weight is 223 g/mol. The Morgan fingerprint density at radius 2 is 1.94 bits per heavy atom. The first-order valence-corrected chi connectivity index (χ1v) is 5.47. The van der Waals surface area contributed by atoms with E-state index in [1.807, 2.05) is 33.8 Å². The van der Waals surface area contributed by atoms with Crippen LogP contribution in [0.3, 0.4) is 0 Å². The van der Waals surface area contributed by atoms with Gasteiger partial charge in [-0.25, -0.2) is 0 Å². The van der Waals surface area contributed by atoms with E-state index in [0.717, 1.165) is 0 Å². The van der Waals surface area contributed by atoms with E-state index in [0.29, 0.717) is 0 Å². The molecule has 0 aromatic carbocycles. The van der Waals surface area contributed by atoms with E-state index >= 15 is 0 Å². The van der Waals surface area contributed by atoms with Crippen molar-refractivity contribution in [3.63, 3.8) is 0 Å². The Hall–Kier alpha value is -1.09. The predicted octanol–water partition coefficient (Wildman–Crippen LogP) is 2.14. The second kappa shape index (κ2) is 4.06. The summed E-state index contributed by atoms with van der Waals surface area (Å²) < 4.78 is 5.93. The van der Waals surface area contributed by atoms with Gasteiger partial charge in [-0.3, -0.25) is 4.79 Å². The van der Waals surface area contributed by atoms with Crippen LogP contribution < -0.4 is 0 Å². The van der Waals surface area contributed by atoms with Gasteiger partial charge in [0.2, 0.25) is 5.91 Å². The molecule has 0 radical (unpaired) electrons. The number of carbonyl (C=O) groups excluding carboxylic acids is 1. The van der Waals surface area contributed by atoms with Gasteiger partial charge in [-0.1, -0.05) is 0 Å². The lowest BCUT2D eigenvalue weighted by molar-refractivity contribution is -0.123. The Bertz CT molecular complexity index is 353. The molecule has 3 heteroatoms. The van der Waals surface area contributed by atoms with Gasteiger partial charge < -0.3 is 9.64 Å². The molecule has 1 rings (SSSR count). The Morgan fingerprint density at radius 1 is 1.38 bits per heavy atom. The van der Waals surface area contributed by atoms with Crippen molar-refractivity contribution in [3.8, 4) is 0 Å². The fourth-order valence-electron chi connectivity index (χ4n) is 1.73. The highest BCUT2D eigenvalue weighted by Gasteiger charge is 2.37. The van der Waals surface area contributed by atoms with E-state index in [1.165, 1.54) is 10.5 Å². The molecule has 0 aliphatic carbocycles. The zero-order valence-electron chi connectivity index (χ0n) is 11.0. The molecule has 1 unspecified atom stereocenters. The van der Waals surface area contributed by atoms with Crippen molar-refractivity contribution in [2.24, 2.45) is 0 Å². The predicted molar refractivity (Wildman–Crippen MR) is 65.2 cm³/mol. The Kier molecular flexibility index (Phi) is 3.29. The molecule has 0 saturated heterocycles. The van der Waals surface area contributed by atoms with Crippen molar-refractivity contribution in [1.29, 1.82) is 0 Å². The maximum atomic E-state index is 11.4. The van der Waals surface area contributed by atoms with Crippen LogP contribution in [-0.4, -0.2) is 36.1 Å². The van der Waals surface area contributed by atoms with Crippen molar-refractivity contribution in [1.82, 2.24) is 4.90 Å². The van der Waals surface area contributed by atoms with Crippen LogP contribution in [0.4, 0.5) is 0 Å². The molecule has 90 valence electrons. The second-order valence-electron chi connectivity index (χ2n) is 5.19. The zero-order valence-corrected chi connectivity index (χ0v) is 11.0. The maximum Gasteiger partial charge on any atom is 0.245 e. The number of hydrogen-bond acceptors (Lipinski definition) is 2. The van der Waals surface area contributed by atoms with Crippen LogP contribution in [0.2, 0.25) is 0 Å². The Morgan fingerprint density at radius 3 is 2.31 bits per heavy atom. The van der Waals surface area contributed by atoms with E-state index < -0.39 is 5.60 Å². The van der Waals surface area contributed by atoms with Gasteiger partial charge in [-0.15, -0.1) is 0 Å². The third kappa shape index (κ3) is 2.73. The largest absolute Gasteiger partial charge is 0.357 e. The summed E-state index contributed by atoms with van der Waals surface area (Å²) in [7, 11) is 3.46. The number of amides is 1. The van der Waals surface area contributed by atoms with E-state index in [9.17, 15) is 4.79 Å². The van der Waals surface area contributed by atoms with E-state index in [2.05, 4.69) is 6.08 Å². The Labute approximate surface area is 97.8 Å². The summed E-state index contributed by atoms with van der Waals surface area (Å²) in [6, 6.07) is 0. The molecule has 16 heavy (non-hydrogen) atoms. The smallest absolute Gasteiger partial charge is 0.245 e. The molecule has 0 spiro atoms. The molecule has 0 bridgehead atoms. The molecule has 1 aliphatic heterocycles. The van der Waals surface area contributed by atoms with Crippen LogP contribution in [0.25, 0.3) is 0 Å². The van der Waals surface area contributed by atoms with Crippen molar-refractivity contribution in [3.05, 3.63) is 23.8 Å². The first-order valence-electron chi connectivity index (χ1n) is 5.47. The van der Waals surface area contributed by atoms with Crippen molar-refractivity contribution in [2.45, 2.75) is 38.9 Å². The highest BCUT2D eigenvalue weighted by molar-refractivity contribution is 5.87. The van der Waals surface area contributed by atoms with Crippen LogP contribution in [-0.2, 0) is 9.53 Å². The number of hydrogen-bond donors (Lipinski definition) is 0. The average Bonchev–Trinajstić information content (AvgIpc) is 2.32. The van der Waals surface area contributed by atoms with Crippen LogP contribution in [0.1, 0.15) is 27.7 Å². The molecule has 0 aromatic rings. The maximum absolute atomic E-state index is 11.4. The number of likely N-dealkylation sites (N-methyl/N-ethyl adjacent to an activating group) is 1. The third-order valence-electron chi connectivity index (χ3n) is 2.93. The quantitative estimate of drug-likeness (QED) is 0.530. The summed E-state index contributed by atoms with van der Waals surface area (Å²) in [5.41, 5.74) is 0.469. The van der Waals surface area contributed by atoms with Gasteiger partial charge in [0.15, 0.2) is 0 Å². The summed E-state index contributed by atoms with van der Waals surface area (Å²) in [5.74, 6) is -0.0272. The normalized spacial score (nSPS) is 28.2.